The quantitative estimate of drug-likeness (QED) is 0.589. The van der Waals surface area contributed by atoms with Crippen molar-refractivity contribution >= 4 is 34.5 Å². The smallest absolute Gasteiger partial charge is 0.336 e. The van der Waals surface area contributed by atoms with Gasteiger partial charge in [0.25, 0.3) is 11.8 Å². The molecular formula is C22H20N2O6S. The molecule has 1 aliphatic heterocycles. The van der Waals surface area contributed by atoms with E-state index in [2.05, 4.69) is 5.43 Å². The van der Waals surface area contributed by atoms with Crippen LogP contribution in [0.2, 0.25) is 0 Å². The molecule has 8 nitrogen and oxygen atoms in total. The Bertz CT molecular complexity index is 1190. The summed E-state index contributed by atoms with van der Waals surface area (Å²) in [7, 11) is 1.58. The first-order chi connectivity index (χ1) is 14.9. The van der Waals surface area contributed by atoms with E-state index in [0.717, 1.165) is 16.5 Å². The van der Waals surface area contributed by atoms with Gasteiger partial charge in [0.05, 0.1) is 12.9 Å². The monoisotopic (exact) mass is 440 g/mol. The number of carbonyl (C=O) groups is 2. The Kier molecular flexibility index (Phi) is 5.85. The van der Waals surface area contributed by atoms with Crippen molar-refractivity contribution in [3.8, 4) is 11.5 Å². The largest absolute Gasteiger partial charge is 0.497 e. The third kappa shape index (κ3) is 4.51. The Morgan fingerprint density at radius 2 is 1.90 bits per heavy atom. The van der Waals surface area contributed by atoms with Gasteiger partial charge in [-0.3, -0.25) is 15.0 Å². The fourth-order valence-corrected chi connectivity index (χ4v) is 4.38. The van der Waals surface area contributed by atoms with Gasteiger partial charge in [-0.2, -0.15) is 0 Å². The molecule has 0 bridgehead atoms. The van der Waals surface area contributed by atoms with Crippen LogP contribution in [0, 0.1) is 6.92 Å². The summed E-state index contributed by atoms with van der Waals surface area (Å²) in [6.45, 7) is 1.52. The van der Waals surface area contributed by atoms with Crippen molar-refractivity contribution in [3.63, 3.8) is 0 Å². The van der Waals surface area contributed by atoms with Crippen molar-refractivity contribution < 1.29 is 23.5 Å². The van der Waals surface area contributed by atoms with Gasteiger partial charge in [-0.1, -0.05) is 12.1 Å². The van der Waals surface area contributed by atoms with Gasteiger partial charge in [0.1, 0.15) is 22.5 Å². The molecule has 160 valence electrons. The number of methoxy groups -OCH3 is 1. The number of nitrogens with zero attached hydrogens (tertiary/aromatic N) is 1. The predicted octanol–water partition coefficient (Wildman–Crippen LogP) is 2.79. The number of benzene rings is 2. The molecule has 0 aliphatic carbocycles. The number of aryl methyl sites for hydroxylation is 1. The van der Waals surface area contributed by atoms with Gasteiger partial charge in [-0.05, 0) is 42.3 Å². The van der Waals surface area contributed by atoms with E-state index >= 15 is 0 Å². The number of ether oxygens (including phenoxy) is 2. The molecule has 2 amide bonds. The highest BCUT2D eigenvalue weighted by Crippen LogP contribution is 2.37. The van der Waals surface area contributed by atoms with E-state index in [1.807, 2.05) is 31.2 Å². The second kappa shape index (κ2) is 8.73. The maximum atomic E-state index is 12.4. The summed E-state index contributed by atoms with van der Waals surface area (Å²) in [5, 5.41) is 1.78. The van der Waals surface area contributed by atoms with Crippen molar-refractivity contribution in [3.05, 3.63) is 70.1 Å². The third-order valence-corrected chi connectivity index (χ3v) is 6.02. The highest BCUT2D eigenvalue weighted by atomic mass is 32.2. The molecule has 2 aromatic carbocycles. The number of nitrogens with one attached hydrogen (secondary N) is 1. The topological polar surface area (TPSA) is 98.1 Å². The SMILES string of the molecule is COc1ccc(C2SCC(=O)N2NC(=O)COc2ccc3c(C)cc(=O)oc3c2)cc1. The van der Waals surface area contributed by atoms with Crippen molar-refractivity contribution in [1.82, 2.24) is 10.4 Å². The predicted molar refractivity (Wildman–Crippen MR) is 116 cm³/mol. The minimum absolute atomic E-state index is 0.192. The fourth-order valence-electron chi connectivity index (χ4n) is 3.27. The second-order valence-electron chi connectivity index (χ2n) is 6.93. The summed E-state index contributed by atoms with van der Waals surface area (Å²) >= 11 is 1.42. The number of hydrogen-bond acceptors (Lipinski definition) is 7. The van der Waals surface area contributed by atoms with Crippen molar-refractivity contribution in [2.45, 2.75) is 12.3 Å². The summed E-state index contributed by atoms with van der Waals surface area (Å²) in [5.74, 6) is 0.692. The zero-order chi connectivity index (χ0) is 22.0. The van der Waals surface area contributed by atoms with Crippen LogP contribution in [-0.2, 0) is 9.59 Å². The van der Waals surface area contributed by atoms with E-state index in [1.54, 1.807) is 25.3 Å². The number of carbonyl (C=O) groups excluding carboxylic acids is 2. The lowest BCUT2D eigenvalue weighted by molar-refractivity contribution is -0.140. The Labute approximate surface area is 182 Å². The molecule has 1 unspecified atom stereocenters. The highest BCUT2D eigenvalue weighted by Gasteiger charge is 2.34. The van der Waals surface area contributed by atoms with Crippen LogP contribution in [0.3, 0.4) is 0 Å². The average molecular weight is 440 g/mol. The summed E-state index contributed by atoms with van der Waals surface area (Å²) in [4.78, 5) is 36.3. The summed E-state index contributed by atoms with van der Waals surface area (Å²) in [5.41, 5.74) is 4.23. The van der Waals surface area contributed by atoms with Crippen molar-refractivity contribution in [2.24, 2.45) is 0 Å². The molecule has 9 heteroatoms. The molecule has 1 N–H and O–H groups in total. The zero-order valence-corrected chi connectivity index (χ0v) is 17.7. The normalized spacial score (nSPS) is 15.9. The van der Waals surface area contributed by atoms with Gasteiger partial charge in [-0.15, -0.1) is 11.8 Å². The Morgan fingerprint density at radius 3 is 2.65 bits per heavy atom. The molecule has 1 aromatic heterocycles. The van der Waals surface area contributed by atoms with E-state index in [-0.39, 0.29) is 23.6 Å². The lowest BCUT2D eigenvalue weighted by atomic mass is 10.1. The zero-order valence-electron chi connectivity index (χ0n) is 16.9. The molecule has 2 heterocycles. The molecule has 0 radical (unpaired) electrons. The summed E-state index contributed by atoms with van der Waals surface area (Å²) in [6, 6.07) is 13.8. The van der Waals surface area contributed by atoms with Crippen LogP contribution in [0.1, 0.15) is 16.5 Å². The van der Waals surface area contributed by atoms with Gasteiger partial charge in [0.2, 0.25) is 0 Å². The lowest BCUT2D eigenvalue weighted by Gasteiger charge is -2.24. The minimum atomic E-state index is -0.472. The first kappa shape index (κ1) is 20.8. The minimum Gasteiger partial charge on any atom is -0.497 e. The molecule has 3 aromatic rings. The molecule has 4 rings (SSSR count). The molecule has 0 spiro atoms. The Morgan fingerprint density at radius 1 is 1.16 bits per heavy atom. The summed E-state index contributed by atoms with van der Waals surface area (Å²) < 4.78 is 15.9. The standard InChI is InChI=1S/C22H20N2O6S/c1-13-9-21(27)30-18-10-16(7-8-17(13)18)29-11-19(25)23-24-20(26)12-31-22(24)14-3-5-15(28-2)6-4-14/h3-10,22H,11-12H2,1-2H3,(H,23,25). The van der Waals surface area contributed by atoms with Crippen LogP contribution in [0.4, 0.5) is 0 Å². The lowest BCUT2D eigenvalue weighted by Crippen LogP contribution is -2.46. The van der Waals surface area contributed by atoms with Gasteiger partial charge in [0, 0.05) is 17.5 Å². The highest BCUT2D eigenvalue weighted by molar-refractivity contribution is 8.00. The van der Waals surface area contributed by atoms with Crippen LogP contribution in [0.5, 0.6) is 11.5 Å². The molecule has 1 saturated heterocycles. The van der Waals surface area contributed by atoms with Gasteiger partial charge in [0.15, 0.2) is 6.61 Å². The van der Waals surface area contributed by atoms with E-state index in [4.69, 9.17) is 13.9 Å². The van der Waals surface area contributed by atoms with Crippen LogP contribution >= 0.6 is 11.8 Å². The molecule has 31 heavy (non-hydrogen) atoms. The maximum absolute atomic E-state index is 12.4. The van der Waals surface area contributed by atoms with Crippen LogP contribution in [-0.4, -0.2) is 36.3 Å². The first-order valence-electron chi connectivity index (χ1n) is 9.49. The summed E-state index contributed by atoms with van der Waals surface area (Å²) in [6.07, 6.45) is 0. The molecule has 1 atom stereocenters. The number of hydrazine groups is 1. The molecule has 1 aliphatic rings. The second-order valence-corrected chi connectivity index (χ2v) is 8.00. The number of rotatable bonds is 6. The number of thioether (sulfide) groups is 1. The first-order valence-corrected chi connectivity index (χ1v) is 10.5. The molecule has 1 fully saturated rings. The van der Waals surface area contributed by atoms with E-state index in [9.17, 15) is 14.4 Å². The van der Waals surface area contributed by atoms with Crippen molar-refractivity contribution in [1.29, 1.82) is 0 Å². The Hall–Kier alpha value is -3.46. The fraction of sp³-hybridized carbons (Fsp3) is 0.227. The number of fused-ring (bicyclic) bond motifs is 1. The van der Waals surface area contributed by atoms with E-state index in [1.165, 1.54) is 22.8 Å². The maximum Gasteiger partial charge on any atom is 0.336 e. The van der Waals surface area contributed by atoms with E-state index < -0.39 is 11.5 Å². The van der Waals surface area contributed by atoms with Gasteiger partial charge < -0.3 is 13.9 Å². The van der Waals surface area contributed by atoms with Crippen molar-refractivity contribution in [2.75, 3.05) is 19.5 Å². The number of amides is 2. The number of hydrogen-bond donors (Lipinski definition) is 1. The van der Waals surface area contributed by atoms with E-state index in [0.29, 0.717) is 17.1 Å². The van der Waals surface area contributed by atoms with Gasteiger partial charge >= 0.3 is 5.63 Å². The Balaban J connectivity index is 1.42. The average Bonchev–Trinajstić information content (AvgIpc) is 3.12. The van der Waals surface area contributed by atoms with Gasteiger partial charge in [-0.25, -0.2) is 9.80 Å². The molecule has 0 saturated carbocycles. The van der Waals surface area contributed by atoms with Crippen LogP contribution in [0.15, 0.2) is 57.7 Å². The van der Waals surface area contributed by atoms with Crippen LogP contribution < -0.4 is 20.5 Å². The van der Waals surface area contributed by atoms with Crippen LogP contribution in [0.25, 0.3) is 11.0 Å². The molecular weight excluding hydrogens is 420 g/mol. The third-order valence-electron chi connectivity index (χ3n) is 4.81.